The van der Waals surface area contributed by atoms with Crippen LogP contribution in [0.2, 0.25) is 0 Å². The van der Waals surface area contributed by atoms with Gasteiger partial charge in [0.2, 0.25) is 0 Å². The van der Waals surface area contributed by atoms with Crippen LogP contribution >= 0.6 is 0 Å². The first-order valence-corrected chi connectivity index (χ1v) is 8.11. The molecule has 0 saturated heterocycles. The van der Waals surface area contributed by atoms with Gasteiger partial charge in [-0.1, -0.05) is 18.2 Å². The molecule has 0 fully saturated rings. The molecule has 0 spiro atoms. The summed E-state index contributed by atoms with van der Waals surface area (Å²) in [5, 5.41) is 22.2. The van der Waals surface area contributed by atoms with Crippen molar-refractivity contribution in [1.82, 2.24) is 4.98 Å². The Hall–Kier alpha value is -3.38. The second-order valence-corrected chi connectivity index (χ2v) is 5.83. The lowest BCUT2D eigenvalue weighted by Gasteiger charge is -2.09. The van der Waals surface area contributed by atoms with E-state index in [-0.39, 0.29) is 11.3 Å². The Kier molecular flexibility index (Phi) is 5.15. The lowest BCUT2D eigenvalue weighted by Crippen LogP contribution is -2.03. The summed E-state index contributed by atoms with van der Waals surface area (Å²) in [5.74, 6) is -1.42. The number of nitrogens with one attached hydrogen (secondary N) is 1. The summed E-state index contributed by atoms with van der Waals surface area (Å²) in [5.41, 5.74) is 9.93. The molecule has 0 unspecified atom stereocenters. The van der Waals surface area contributed by atoms with E-state index in [0.29, 0.717) is 13.1 Å². The average molecular weight is 349 g/mol. The number of hydrogen-bond donors (Lipinski definition) is 4. The van der Waals surface area contributed by atoms with Crippen LogP contribution in [0, 0.1) is 0 Å². The van der Waals surface area contributed by atoms with Gasteiger partial charge in [0.1, 0.15) is 11.3 Å². The number of rotatable bonds is 6. The average Bonchev–Trinajstić information content (AvgIpc) is 2.66. The zero-order valence-electron chi connectivity index (χ0n) is 14.0. The highest BCUT2D eigenvalue weighted by Gasteiger charge is 2.10. The molecule has 0 amide bonds. The third kappa shape index (κ3) is 3.99. The van der Waals surface area contributed by atoms with Gasteiger partial charge in [-0.3, -0.25) is 4.98 Å². The van der Waals surface area contributed by atoms with E-state index in [9.17, 15) is 9.90 Å². The maximum Gasteiger partial charge on any atom is 0.339 e. The fourth-order valence-electron chi connectivity index (χ4n) is 2.65. The van der Waals surface area contributed by atoms with Crippen molar-refractivity contribution in [3.05, 3.63) is 77.6 Å². The van der Waals surface area contributed by atoms with Gasteiger partial charge >= 0.3 is 5.97 Å². The highest BCUT2D eigenvalue weighted by atomic mass is 16.4. The number of aromatic carboxylic acids is 1. The molecule has 0 aliphatic rings. The fourth-order valence-corrected chi connectivity index (χ4v) is 2.65. The number of anilines is 1. The minimum absolute atomic E-state index is 0.121. The Bertz CT molecular complexity index is 941. The molecule has 6 heteroatoms. The number of nitrogens with zero attached hydrogens (tertiary/aromatic N) is 1. The Morgan fingerprint density at radius 1 is 1.08 bits per heavy atom. The molecule has 5 N–H and O–H groups in total. The number of carbonyl (C=O) groups is 1. The maximum absolute atomic E-state index is 11.0. The third-order valence-electron chi connectivity index (χ3n) is 4.01. The van der Waals surface area contributed by atoms with E-state index >= 15 is 0 Å². The molecule has 0 aliphatic heterocycles. The fraction of sp³-hybridized carbons (Fsp3) is 0.100. The zero-order chi connectivity index (χ0) is 18.5. The molecule has 0 saturated carbocycles. The van der Waals surface area contributed by atoms with Crippen LogP contribution in [0.4, 0.5) is 5.69 Å². The summed E-state index contributed by atoms with van der Waals surface area (Å²) < 4.78 is 0. The van der Waals surface area contributed by atoms with Crippen LogP contribution in [-0.2, 0) is 13.1 Å². The highest BCUT2D eigenvalue weighted by molar-refractivity contribution is 5.91. The molecule has 0 aliphatic carbocycles. The largest absolute Gasteiger partial charge is 0.507 e. The van der Waals surface area contributed by atoms with Crippen LogP contribution in [0.5, 0.6) is 5.75 Å². The normalized spacial score (nSPS) is 10.5. The smallest absolute Gasteiger partial charge is 0.339 e. The first-order valence-electron chi connectivity index (χ1n) is 8.11. The number of nitrogens with two attached hydrogens (primary N) is 1. The van der Waals surface area contributed by atoms with Crippen molar-refractivity contribution in [2.75, 3.05) is 5.32 Å². The van der Waals surface area contributed by atoms with E-state index in [1.165, 1.54) is 12.1 Å². The van der Waals surface area contributed by atoms with Crippen molar-refractivity contribution in [2.24, 2.45) is 5.73 Å². The molecule has 0 radical (unpaired) electrons. The van der Waals surface area contributed by atoms with Crippen molar-refractivity contribution in [3.63, 3.8) is 0 Å². The molecular weight excluding hydrogens is 330 g/mol. The van der Waals surface area contributed by atoms with Crippen LogP contribution in [0.25, 0.3) is 11.1 Å². The molecular formula is C20H19N3O3. The molecule has 2 aromatic carbocycles. The summed E-state index contributed by atoms with van der Waals surface area (Å²) in [4.78, 5) is 15.4. The minimum atomic E-state index is -1.16. The number of aromatic nitrogens is 1. The standard InChI is InChI=1S/C20H19N3O3/c21-11-13-2-1-3-16(8-13)23-12-17-9-15(6-7-22-17)14-4-5-18(20(25)26)19(24)10-14/h1-10,23-24H,11-12,21H2,(H,25,26). The second kappa shape index (κ2) is 7.67. The lowest BCUT2D eigenvalue weighted by atomic mass is 10.0. The monoisotopic (exact) mass is 349 g/mol. The van der Waals surface area contributed by atoms with Crippen molar-refractivity contribution < 1.29 is 15.0 Å². The van der Waals surface area contributed by atoms with Gasteiger partial charge in [-0.2, -0.15) is 0 Å². The molecule has 1 heterocycles. The Morgan fingerprint density at radius 3 is 2.62 bits per heavy atom. The van der Waals surface area contributed by atoms with E-state index in [1.807, 2.05) is 36.4 Å². The third-order valence-corrected chi connectivity index (χ3v) is 4.01. The van der Waals surface area contributed by atoms with Crippen LogP contribution in [0.3, 0.4) is 0 Å². The van der Waals surface area contributed by atoms with E-state index < -0.39 is 5.97 Å². The SMILES string of the molecule is NCc1cccc(NCc2cc(-c3ccc(C(=O)O)c(O)c3)ccn2)c1. The molecule has 26 heavy (non-hydrogen) atoms. The summed E-state index contributed by atoms with van der Waals surface area (Å²) in [7, 11) is 0. The molecule has 0 bridgehead atoms. The van der Waals surface area contributed by atoms with Gasteiger partial charge in [0, 0.05) is 18.4 Å². The highest BCUT2D eigenvalue weighted by Crippen LogP contribution is 2.27. The zero-order valence-corrected chi connectivity index (χ0v) is 14.0. The predicted molar refractivity (Wildman–Crippen MR) is 100.0 cm³/mol. The predicted octanol–water partition coefficient (Wildman–Crippen LogP) is 3.22. The number of pyridine rings is 1. The molecule has 1 aromatic heterocycles. The van der Waals surface area contributed by atoms with Gasteiger partial charge in [0.25, 0.3) is 0 Å². The van der Waals surface area contributed by atoms with Gasteiger partial charge in [-0.15, -0.1) is 0 Å². The van der Waals surface area contributed by atoms with Gasteiger partial charge < -0.3 is 21.3 Å². The topological polar surface area (TPSA) is 108 Å². The van der Waals surface area contributed by atoms with Crippen molar-refractivity contribution >= 4 is 11.7 Å². The molecule has 132 valence electrons. The van der Waals surface area contributed by atoms with Crippen LogP contribution in [0.15, 0.2) is 60.8 Å². The molecule has 6 nitrogen and oxygen atoms in total. The van der Waals surface area contributed by atoms with E-state index in [2.05, 4.69) is 10.3 Å². The summed E-state index contributed by atoms with van der Waals surface area (Å²) in [6, 6.07) is 16.1. The van der Waals surface area contributed by atoms with E-state index in [1.54, 1.807) is 12.3 Å². The number of benzene rings is 2. The lowest BCUT2D eigenvalue weighted by molar-refractivity contribution is 0.0694. The molecule has 3 rings (SSSR count). The van der Waals surface area contributed by atoms with Gasteiger partial charge in [-0.05, 0) is 53.1 Å². The second-order valence-electron chi connectivity index (χ2n) is 5.83. The van der Waals surface area contributed by atoms with Crippen LogP contribution in [0.1, 0.15) is 21.6 Å². The Labute approximate surface area is 150 Å². The maximum atomic E-state index is 11.0. The quantitative estimate of drug-likeness (QED) is 0.544. The summed E-state index contributed by atoms with van der Waals surface area (Å²) >= 11 is 0. The Balaban J connectivity index is 1.78. The number of hydrogen-bond acceptors (Lipinski definition) is 5. The minimum Gasteiger partial charge on any atom is -0.507 e. The first-order chi connectivity index (χ1) is 12.6. The van der Waals surface area contributed by atoms with Gasteiger partial charge in [-0.25, -0.2) is 4.79 Å². The van der Waals surface area contributed by atoms with Crippen molar-refractivity contribution in [3.8, 4) is 16.9 Å². The van der Waals surface area contributed by atoms with Crippen LogP contribution in [-0.4, -0.2) is 21.2 Å². The van der Waals surface area contributed by atoms with E-state index in [0.717, 1.165) is 28.1 Å². The van der Waals surface area contributed by atoms with Crippen LogP contribution < -0.4 is 11.1 Å². The van der Waals surface area contributed by atoms with Crippen molar-refractivity contribution in [2.45, 2.75) is 13.1 Å². The summed E-state index contributed by atoms with van der Waals surface area (Å²) in [6.07, 6.45) is 1.69. The summed E-state index contributed by atoms with van der Waals surface area (Å²) in [6.45, 7) is 1.01. The Morgan fingerprint density at radius 2 is 1.88 bits per heavy atom. The van der Waals surface area contributed by atoms with Gasteiger partial charge in [0.05, 0.1) is 12.2 Å². The first kappa shape index (κ1) is 17.4. The molecule has 3 aromatic rings. The number of carboxylic acids is 1. The number of aromatic hydroxyl groups is 1. The van der Waals surface area contributed by atoms with Crippen molar-refractivity contribution in [1.29, 1.82) is 0 Å². The van der Waals surface area contributed by atoms with E-state index in [4.69, 9.17) is 10.8 Å². The number of carboxylic acid groups (broad SMARTS) is 1. The number of phenols is 1. The van der Waals surface area contributed by atoms with Gasteiger partial charge in [0.15, 0.2) is 0 Å². The molecule has 0 atom stereocenters.